The topological polar surface area (TPSA) is 63.2 Å². The highest BCUT2D eigenvalue weighted by Gasteiger charge is 2.09. The van der Waals surface area contributed by atoms with Crippen molar-refractivity contribution in [1.29, 1.82) is 0 Å². The molecular formula is C17H21N3O2. The van der Waals surface area contributed by atoms with Gasteiger partial charge in [-0.3, -0.25) is 9.78 Å². The van der Waals surface area contributed by atoms with Gasteiger partial charge in [-0.25, -0.2) is 0 Å². The maximum atomic E-state index is 12.1. The normalized spacial score (nSPS) is 11.6. The molecule has 22 heavy (non-hydrogen) atoms. The molecule has 0 aliphatic rings. The molecule has 1 amide bonds. The second kappa shape index (κ2) is 7.45. The van der Waals surface area contributed by atoms with E-state index in [1.807, 2.05) is 38.1 Å². The molecule has 116 valence electrons. The van der Waals surface area contributed by atoms with Gasteiger partial charge in [0.2, 0.25) is 0 Å². The van der Waals surface area contributed by atoms with Crippen LogP contribution >= 0.6 is 0 Å². The molecular weight excluding hydrogens is 278 g/mol. The van der Waals surface area contributed by atoms with Crippen LogP contribution in [-0.4, -0.2) is 24.0 Å². The monoisotopic (exact) mass is 299 g/mol. The highest BCUT2D eigenvalue weighted by molar-refractivity contribution is 5.95. The van der Waals surface area contributed by atoms with Gasteiger partial charge in [-0.1, -0.05) is 6.92 Å². The van der Waals surface area contributed by atoms with Crippen LogP contribution in [0.4, 0.5) is 11.4 Å². The highest BCUT2D eigenvalue weighted by Crippen LogP contribution is 2.20. The van der Waals surface area contributed by atoms with E-state index in [1.165, 1.54) is 0 Å². The average molecular weight is 299 g/mol. The Bertz CT molecular complexity index is 626. The van der Waals surface area contributed by atoms with E-state index in [0.717, 1.165) is 23.5 Å². The summed E-state index contributed by atoms with van der Waals surface area (Å²) < 4.78 is 5.12. The first-order valence-corrected chi connectivity index (χ1v) is 7.29. The Kier molecular flexibility index (Phi) is 5.36. The van der Waals surface area contributed by atoms with Crippen molar-refractivity contribution in [2.75, 3.05) is 12.4 Å². The van der Waals surface area contributed by atoms with Gasteiger partial charge in [0.1, 0.15) is 5.75 Å². The minimum Gasteiger partial charge on any atom is -0.497 e. The molecule has 0 saturated heterocycles. The van der Waals surface area contributed by atoms with Crippen molar-refractivity contribution < 1.29 is 9.53 Å². The summed E-state index contributed by atoms with van der Waals surface area (Å²) in [5.41, 5.74) is 2.21. The summed E-state index contributed by atoms with van der Waals surface area (Å²) in [6.45, 7) is 4.01. The van der Waals surface area contributed by atoms with Crippen LogP contribution in [0.15, 0.2) is 42.7 Å². The lowest BCUT2D eigenvalue weighted by atomic mass is 10.2. The first kappa shape index (κ1) is 15.8. The van der Waals surface area contributed by atoms with E-state index in [0.29, 0.717) is 5.56 Å². The zero-order valence-electron chi connectivity index (χ0n) is 13.1. The molecule has 1 aromatic heterocycles. The smallest absolute Gasteiger partial charge is 0.253 e. The van der Waals surface area contributed by atoms with Gasteiger partial charge in [0.05, 0.1) is 24.6 Å². The number of carbonyl (C=O) groups excluding carboxylic acids is 1. The lowest BCUT2D eigenvalue weighted by Gasteiger charge is -2.12. The van der Waals surface area contributed by atoms with Crippen LogP contribution in [0, 0.1) is 0 Å². The summed E-state index contributed by atoms with van der Waals surface area (Å²) in [6, 6.07) is 9.49. The molecule has 2 rings (SSSR count). The number of nitrogens with one attached hydrogen (secondary N) is 2. The summed E-state index contributed by atoms with van der Waals surface area (Å²) in [5, 5.41) is 6.15. The van der Waals surface area contributed by atoms with Crippen molar-refractivity contribution in [1.82, 2.24) is 10.3 Å². The van der Waals surface area contributed by atoms with Crippen molar-refractivity contribution in [2.24, 2.45) is 0 Å². The molecule has 0 spiro atoms. The van der Waals surface area contributed by atoms with E-state index in [1.54, 1.807) is 25.6 Å². The van der Waals surface area contributed by atoms with E-state index in [2.05, 4.69) is 15.6 Å². The molecule has 0 aliphatic carbocycles. The number of aromatic nitrogens is 1. The fourth-order valence-electron chi connectivity index (χ4n) is 1.88. The lowest BCUT2D eigenvalue weighted by molar-refractivity contribution is 0.0939. The van der Waals surface area contributed by atoms with E-state index >= 15 is 0 Å². The summed E-state index contributed by atoms with van der Waals surface area (Å²) >= 11 is 0. The number of hydrogen-bond acceptors (Lipinski definition) is 4. The van der Waals surface area contributed by atoms with Gasteiger partial charge in [-0.05, 0) is 43.7 Å². The number of amides is 1. The van der Waals surface area contributed by atoms with Crippen molar-refractivity contribution >= 4 is 17.3 Å². The first-order valence-electron chi connectivity index (χ1n) is 7.29. The quantitative estimate of drug-likeness (QED) is 0.858. The Morgan fingerprint density at radius 2 is 1.95 bits per heavy atom. The summed E-state index contributed by atoms with van der Waals surface area (Å²) in [5.74, 6) is 0.686. The fourth-order valence-corrected chi connectivity index (χ4v) is 1.88. The van der Waals surface area contributed by atoms with Crippen LogP contribution in [0.1, 0.15) is 30.6 Å². The molecule has 1 aromatic carbocycles. The third-order valence-electron chi connectivity index (χ3n) is 3.37. The summed E-state index contributed by atoms with van der Waals surface area (Å²) in [4.78, 5) is 16.2. The minimum absolute atomic E-state index is 0.111. The zero-order valence-corrected chi connectivity index (χ0v) is 13.1. The Hall–Kier alpha value is -2.56. The first-order chi connectivity index (χ1) is 10.6. The van der Waals surface area contributed by atoms with Crippen LogP contribution < -0.4 is 15.4 Å². The number of benzene rings is 1. The van der Waals surface area contributed by atoms with Crippen LogP contribution in [-0.2, 0) is 0 Å². The predicted molar refractivity (Wildman–Crippen MR) is 87.7 cm³/mol. The van der Waals surface area contributed by atoms with Gasteiger partial charge in [0.25, 0.3) is 5.91 Å². The Labute approximate surface area is 130 Å². The molecule has 1 unspecified atom stereocenters. The van der Waals surface area contributed by atoms with E-state index < -0.39 is 0 Å². The molecule has 5 heteroatoms. The number of ether oxygens (including phenoxy) is 1. The molecule has 1 atom stereocenters. The SMILES string of the molecule is CCC(C)NC(=O)c1cncc(Nc2ccc(OC)cc2)c1. The van der Waals surface area contributed by atoms with Gasteiger partial charge < -0.3 is 15.4 Å². The standard InChI is InChI=1S/C17H21N3O2/c1-4-12(2)19-17(21)13-9-15(11-18-10-13)20-14-5-7-16(22-3)8-6-14/h5-12,20H,4H2,1-3H3,(H,19,21). The fraction of sp³-hybridized carbons (Fsp3) is 0.294. The third kappa shape index (κ3) is 4.22. The Morgan fingerprint density at radius 1 is 1.23 bits per heavy atom. The summed E-state index contributed by atoms with van der Waals surface area (Å²) in [6.07, 6.45) is 4.14. The largest absolute Gasteiger partial charge is 0.497 e. The lowest BCUT2D eigenvalue weighted by Crippen LogP contribution is -2.31. The van der Waals surface area contributed by atoms with Gasteiger partial charge in [-0.2, -0.15) is 0 Å². The Balaban J connectivity index is 2.08. The Morgan fingerprint density at radius 3 is 2.59 bits per heavy atom. The number of rotatable bonds is 6. The average Bonchev–Trinajstić information content (AvgIpc) is 2.55. The molecule has 0 bridgehead atoms. The van der Waals surface area contributed by atoms with Crippen molar-refractivity contribution in [3.05, 3.63) is 48.3 Å². The van der Waals surface area contributed by atoms with Gasteiger partial charge in [-0.15, -0.1) is 0 Å². The van der Waals surface area contributed by atoms with Gasteiger partial charge >= 0.3 is 0 Å². The number of nitrogens with zero attached hydrogens (tertiary/aromatic N) is 1. The second-order valence-corrected chi connectivity index (χ2v) is 5.10. The number of methoxy groups -OCH3 is 1. The van der Waals surface area contributed by atoms with E-state index in [4.69, 9.17) is 4.74 Å². The summed E-state index contributed by atoms with van der Waals surface area (Å²) in [7, 11) is 1.63. The van der Waals surface area contributed by atoms with Crippen molar-refractivity contribution in [2.45, 2.75) is 26.3 Å². The second-order valence-electron chi connectivity index (χ2n) is 5.10. The molecule has 2 N–H and O–H groups in total. The molecule has 0 fully saturated rings. The highest BCUT2D eigenvalue weighted by atomic mass is 16.5. The van der Waals surface area contributed by atoms with Crippen LogP contribution in [0.3, 0.4) is 0 Å². The molecule has 2 aromatic rings. The number of hydrogen-bond donors (Lipinski definition) is 2. The van der Waals surface area contributed by atoms with Crippen LogP contribution in [0.5, 0.6) is 5.75 Å². The maximum absolute atomic E-state index is 12.1. The van der Waals surface area contributed by atoms with Crippen molar-refractivity contribution in [3.63, 3.8) is 0 Å². The third-order valence-corrected chi connectivity index (χ3v) is 3.37. The van der Waals surface area contributed by atoms with E-state index in [9.17, 15) is 4.79 Å². The van der Waals surface area contributed by atoms with Crippen LogP contribution in [0.25, 0.3) is 0 Å². The molecule has 0 saturated carbocycles. The van der Waals surface area contributed by atoms with Gasteiger partial charge in [0, 0.05) is 17.9 Å². The molecule has 1 heterocycles. The maximum Gasteiger partial charge on any atom is 0.253 e. The minimum atomic E-state index is -0.111. The zero-order chi connectivity index (χ0) is 15.9. The van der Waals surface area contributed by atoms with Crippen molar-refractivity contribution in [3.8, 4) is 5.75 Å². The number of anilines is 2. The van der Waals surface area contributed by atoms with E-state index in [-0.39, 0.29) is 11.9 Å². The predicted octanol–water partition coefficient (Wildman–Crippen LogP) is 3.36. The van der Waals surface area contributed by atoms with Crippen LogP contribution in [0.2, 0.25) is 0 Å². The van der Waals surface area contributed by atoms with Gasteiger partial charge in [0.15, 0.2) is 0 Å². The molecule has 5 nitrogen and oxygen atoms in total. The number of pyridine rings is 1. The molecule has 0 radical (unpaired) electrons. The number of carbonyl (C=O) groups is 1. The molecule has 0 aliphatic heterocycles.